The molecule has 0 N–H and O–H groups in total. The predicted octanol–water partition coefficient (Wildman–Crippen LogP) is 4.14. The minimum Gasteiger partial charge on any atom is -0.297 e. The zero-order chi connectivity index (χ0) is 12.5. The molecule has 2 aliphatic rings. The third-order valence-corrected chi connectivity index (χ3v) is 5.91. The molecule has 3 atom stereocenters. The van der Waals surface area contributed by atoms with E-state index in [0.717, 1.165) is 18.0 Å². The highest BCUT2D eigenvalue weighted by atomic mass is 32.2. The molecule has 2 heterocycles. The Labute approximate surface area is 115 Å². The Morgan fingerprint density at radius 2 is 2.11 bits per heavy atom. The Morgan fingerprint density at radius 3 is 2.94 bits per heavy atom. The molecular formula is C16H23NS. The minimum atomic E-state index is 0.751. The molecule has 2 heteroatoms. The van der Waals surface area contributed by atoms with Gasteiger partial charge in [-0.05, 0) is 37.8 Å². The molecule has 0 aliphatic carbocycles. The van der Waals surface area contributed by atoms with Crippen LogP contribution in [0.2, 0.25) is 0 Å². The summed E-state index contributed by atoms with van der Waals surface area (Å²) in [6.07, 6.45) is 4.10. The maximum atomic E-state index is 2.77. The van der Waals surface area contributed by atoms with Crippen LogP contribution in [-0.2, 0) is 0 Å². The molecule has 0 saturated carbocycles. The molecule has 1 aromatic rings. The van der Waals surface area contributed by atoms with Crippen molar-refractivity contribution in [3.05, 3.63) is 29.8 Å². The average Bonchev–Trinajstić information content (AvgIpc) is 2.96. The topological polar surface area (TPSA) is 3.24 Å². The highest BCUT2D eigenvalue weighted by Crippen LogP contribution is 2.41. The Hall–Kier alpha value is -0.470. The van der Waals surface area contributed by atoms with Crippen LogP contribution in [0.4, 0.5) is 0 Å². The average molecular weight is 261 g/mol. The molecule has 0 aromatic heterocycles. The maximum absolute atomic E-state index is 2.77. The van der Waals surface area contributed by atoms with E-state index in [2.05, 4.69) is 43.0 Å². The van der Waals surface area contributed by atoms with Crippen LogP contribution < -0.4 is 0 Å². The van der Waals surface area contributed by atoms with Crippen molar-refractivity contribution >= 4 is 11.8 Å². The summed E-state index contributed by atoms with van der Waals surface area (Å²) in [5.41, 5.74) is 1.59. The van der Waals surface area contributed by atoms with E-state index in [1.807, 2.05) is 11.8 Å². The van der Waals surface area contributed by atoms with Gasteiger partial charge in [-0.1, -0.05) is 25.1 Å². The van der Waals surface area contributed by atoms with E-state index < -0.39 is 0 Å². The molecule has 2 aliphatic heterocycles. The van der Waals surface area contributed by atoms with Crippen LogP contribution in [0.1, 0.15) is 44.6 Å². The van der Waals surface area contributed by atoms with Gasteiger partial charge < -0.3 is 0 Å². The van der Waals surface area contributed by atoms with E-state index >= 15 is 0 Å². The molecule has 3 unspecified atom stereocenters. The van der Waals surface area contributed by atoms with Crippen molar-refractivity contribution in [2.75, 3.05) is 12.3 Å². The third kappa shape index (κ3) is 2.21. The summed E-state index contributed by atoms with van der Waals surface area (Å²) in [6, 6.07) is 10.6. The summed E-state index contributed by atoms with van der Waals surface area (Å²) >= 11 is 2.04. The van der Waals surface area contributed by atoms with E-state index in [4.69, 9.17) is 0 Å². The first-order valence-corrected chi connectivity index (χ1v) is 8.25. The van der Waals surface area contributed by atoms with Gasteiger partial charge in [0.1, 0.15) is 0 Å². The molecule has 1 nitrogen and oxygen atoms in total. The smallest absolute Gasteiger partial charge is 0.0108 e. The zero-order valence-electron chi connectivity index (χ0n) is 11.4. The maximum Gasteiger partial charge on any atom is 0.0108 e. The lowest BCUT2D eigenvalue weighted by atomic mass is 10.00. The first kappa shape index (κ1) is 12.6. The fourth-order valence-corrected chi connectivity index (χ4v) is 4.77. The van der Waals surface area contributed by atoms with Crippen LogP contribution in [-0.4, -0.2) is 29.3 Å². The van der Waals surface area contributed by atoms with Crippen molar-refractivity contribution in [3.63, 3.8) is 0 Å². The lowest BCUT2D eigenvalue weighted by Gasteiger charge is -2.30. The highest BCUT2D eigenvalue weighted by molar-refractivity contribution is 7.99. The second kappa shape index (κ2) is 5.26. The Morgan fingerprint density at radius 1 is 1.28 bits per heavy atom. The van der Waals surface area contributed by atoms with Gasteiger partial charge in [-0.25, -0.2) is 0 Å². The fraction of sp³-hybridized carbons (Fsp3) is 0.625. The van der Waals surface area contributed by atoms with Gasteiger partial charge in [0.2, 0.25) is 0 Å². The van der Waals surface area contributed by atoms with Gasteiger partial charge in [-0.2, -0.15) is 0 Å². The van der Waals surface area contributed by atoms with Crippen molar-refractivity contribution in [2.45, 2.75) is 56.0 Å². The van der Waals surface area contributed by atoms with Crippen LogP contribution in [0.3, 0.4) is 0 Å². The number of benzene rings is 1. The third-order valence-electron chi connectivity index (χ3n) is 4.65. The molecule has 3 rings (SSSR count). The van der Waals surface area contributed by atoms with Crippen LogP contribution in [0.25, 0.3) is 0 Å². The minimum absolute atomic E-state index is 0.751. The van der Waals surface area contributed by atoms with Crippen molar-refractivity contribution in [3.8, 4) is 0 Å². The van der Waals surface area contributed by atoms with E-state index in [0.29, 0.717) is 0 Å². The Bertz CT molecular complexity index is 417. The van der Waals surface area contributed by atoms with Crippen LogP contribution >= 0.6 is 11.8 Å². The molecule has 0 radical (unpaired) electrons. The van der Waals surface area contributed by atoms with E-state index in [1.54, 1.807) is 5.56 Å². The lowest BCUT2D eigenvalue weighted by Crippen LogP contribution is -2.37. The molecule has 98 valence electrons. The number of nitrogens with zero attached hydrogens (tertiary/aromatic N) is 1. The van der Waals surface area contributed by atoms with Crippen molar-refractivity contribution in [1.82, 2.24) is 4.90 Å². The molecule has 0 spiro atoms. The van der Waals surface area contributed by atoms with Crippen molar-refractivity contribution < 1.29 is 0 Å². The SMILES string of the molecule is CCC1CCC(C)N1CC1CSc2ccccc21. The normalized spacial score (nSPS) is 31.8. The fourth-order valence-electron chi connectivity index (χ4n) is 3.53. The zero-order valence-corrected chi connectivity index (χ0v) is 12.2. The second-order valence-corrected chi connectivity index (χ2v) is 6.79. The van der Waals surface area contributed by atoms with E-state index in [1.165, 1.54) is 36.5 Å². The van der Waals surface area contributed by atoms with E-state index in [-0.39, 0.29) is 0 Å². The van der Waals surface area contributed by atoms with Crippen LogP contribution in [0.15, 0.2) is 29.2 Å². The first-order valence-electron chi connectivity index (χ1n) is 7.27. The quantitative estimate of drug-likeness (QED) is 0.804. The largest absolute Gasteiger partial charge is 0.297 e. The molecular weight excluding hydrogens is 238 g/mol. The number of hydrogen-bond donors (Lipinski definition) is 0. The van der Waals surface area contributed by atoms with Gasteiger partial charge >= 0.3 is 0 Å². The molecule has 1 fully saturated rings. The molecule has 1 aromatic carbocycles. The first-order chi connectivity index (χ1) is 8.79. The molecule has 0 amide bonds. The Kier molecular flexibility index (Phi) is 3.67. The summed E-state index contributed by atoms with van der Waals surface area (Å²) in [5, 5.41) is 0. The van der Waals surface area contributed by atoms with Gasteiger partial charge in [0.05, 0.1) is 0 Å². The van der Waals surface area contributed by atoms with Gasteiger partial charge in [0, 0.05) is 35.2 Å². The van der Waals surface area contributed by atoms with Gasteiger partial charge in [0.25, 0.3) is 0 Å². The summed E-state index contributed by atoms with van der Waals surface area (Å²) in [7, 11) is 0. The summed E-state index contributed by atoms with van der Waals surface area (Å²) in [4.78, 5) is 4.29. The number of rotatable bonds is 3. The number of fused-ring (bicyclic) bond motifs is 1. The Balaban J connectivity index is 1.74. The number of likely N-dealkylation sites (tertiary alicyclic amines) is 1. The number of thioether (sulfide) groups is 1. The molecule has 18 heavy (non-hydrogen) atoms. The van der Waals surface area contributed by atoms with Gasteiger partial charge in [-0.3, -0.25) is 4.90 Å². The molecule has 1 saturated heterocycles. The lowest BCUT2D eigenvalue weighted by molar-refractivity contribution is 0.190. The standard InChI is InChI=1S/C16H23NS/c1-3-14-9-8-12(2)17(14)10-13-11-18-16-7-5-4-6-15(13)16/h4-7,12-14H,3,8-11H2,1-2H3. The van der Waals surface area contributed by atoms with Gasteiger partial charge in [-0.15, -0.1) is 11.8 Å². The van der Waals surface area contributed by atoms with Crippen molar-refractivity contribution in [1.29, 1.82) is 0 Å². The van der Waals surface area contributed by atoms with Crippen LogP contribution in [0.5, 0.6) is 0 Å². The summed E-state index contributed by atoms with van der Waals surface area (Å²) < 4.78 is 0. The second-order valence-electron chi connectivity index (χ2n) is 5.73. The molecule has 0 bridgehead atoms. The van der Waals surface area contributed by atoms with Crippen LogP contribution in [0, 0.1) is 0 Å². The van der Waals surface area contributed by atoms with Crippen molar-refractivity contribution in [2.24, 2.45) is 0 Å². The monoisotopic (exact) mass is 261 g/mol. The van der Waals surface area contributed by atoms with E-state index in [9.17, 15) is 0 Å². The number of hydrogen-bond acceptors (Lipinski definition) is 2. The summed E-state index contributed by atoms with van der Waals surface area (Å²) in [6.45, 7) is 6.01. The van der Waals surface area contributed by atoms with Gasteiger partial charge in [0.15, 0.2) is 0 Å². The predicted molar refractivity (Wildman–Crippen MR) is 79.4 cm³/mol. The summed E-state index contributed by atoms with van der Waals surface area (Å²) in [5.74, 6) is 2.03. The highest BCUT2D eigenvalue weighted by Gasteiger charge is 2.33.